The molecular weight excluding hydrogens is 414 g/mol. The maximum atomic E-state index is 13.7. The molecule has 0 radical (unpaired) electrons. The summed E-state index contributed by atoms with van der Waals surface area (Å²) in [5.74, 6) is -15.3. The first-order chi connectivity index (χ1) is 12.9. The fourth-order valence-electron chi connectivity index (χ4n) is 2.57. The van der Waals surface area contributed by atoms with Gasteiger partial charge in [0.1, 0.15) is 0 Å². The molecule has 0 unspecified atom stereocenters. The standard InChI is InChI=1S/C15H8BF5O6S/c1-28(24,25)8-3-5(2-7-6(8)4-26-16(7)23)15(22)27-14-12(20)10(18)9(17)11(19)13(14)21/h2-3,23H,4H2,1H3. The van der Waals surface area contributed by atoms with E-state index in [1.807, 2.05) is 0 Å². The van der Waals surface area contributed by atoms with Crippen molar-refractivity contribution in [1.29, 1.82) is 0 Å². The van der Waals surface area contributed by atoms with Crippen LogP contribution in [0.15, 0.2) is 17.0 Å². The summed E-state index contributed by atoms with van der Waals surface area (Å²) in [5, 5.41) is 9.73. The second-order valence-electron chi connectivity index (χ2n) is 5.77. The van der Waals surface area contributed by atoms with Gasteiger partial charge in [0.05, 0.1) is 17.1 Å². The topological polar surface area (TPSA) is 89.9 Å². The molecule has 0 saturated carbocycles. The Balaban J connectivity index is 2.10. The lowest BCUT2D eigenvalue weighted by atomic mass is 9.79. The zero-order chi connectivity index (χ0) is 21.0. The van der Waals surface area contributed by atoms with Gasteiger partial charge in [-0.25, -0.2) is 26.4 Å². The highest BCUT2D eigenvalue weighted by molar-refractivity contribution is 7.90. The fraction of sp³-hybridized carbons (Fsp3) is 0.133. The summed E-state index contributed by atoms with van der Waals surface area (Å²) in [4.78, 5) is 11.8. The first kappa shape index (κ1) is 20.2. The number of rotatable bonds is 3. The molecule has 0 amide bonds. The van der Waals surface area contributed by atoms with Crippen molar-refractivity contribution in [2.75, 3.05) is 6.26 Å². The average molecular weight is 422 g/mol. The van der Waals surface area contributed by atoms with E-state index in [0.717, 1.165) is 18.4 Å². The lowest BCUT2D eigenvalue weighted by molar-refractivity contribution is 0.0716. The number of halogens is 5. The van der Waals surface area contributed by atoms with Crippen molar-refractivity contribution in [1.82, 2.24) is 0 Å². The van der Waals surface area contributed by atoms with E-state index in [-0.39, 0.29) is 17.6 Å². The molecule has 1 aliphatic heterocycles. The molecule has 0 atom stereocenters. The molecule has 0 aliphatic carbocycles. The van der Waals surface area contributed by atoms with Crippen molar-refractivity contribution >= 4 is 28.4 Å². The fourth-order valence-corrected chi connectivity index (χ4v) is 3.53. The van der Waals surface area contributed by atoms with E-state index in [1.54, 1.807) is 0 Å². The van der Waals surface area contributed by atoms with Gasteiger partial charge in [-0.15, -0.1) is 0 Å². The third-order valence-electron chi connectivity index (χ3n) is 3.89. The molecule has 2 aromatic rings. The Kier molecular flexibility index (Phi) is 4.94. The summed E-state index contributed by atoms with van der Waals surface area (Å²) >= 11 is 0. The maximum Gasteiger partial charge on any atom is 0.491 e. The third kappa shape index (κ3) is 3.25. The molecule has 0 spiro atoms. The Morgan fingerprint density at radius 2 is 1.61 bits per heavy atom. The summed E-state index contributed by atoms with van der Waals surface area (Å²) in [6.07, 6.45) is 0.798. The van der Waals surface area contributed by atoms with Crippen LogP contribution in [0.5, 0.6) is 5.75 Å². The minimum absolute atomic E-state index is 0.0581. The summed E-state index contributed by atoms with van der Waals surface area (Å²) in [7, 11) is -5.52. The predicted molar refractivity (Wildman–Crippen MR) is 83.1 cm³/mol. The Labute approximate surface area is 154 Å². The van der Waals surface area contributed by atoms with Gasteiger partial charge >= 0.3 is 13.1 Å². The second kappa shape index (κ2) is 6.83. The van der Waals surface area contributed by atoms with Crippen LogP contribution in [0.4, 0.5) is 22.0 Å². The molecule has 2 aromatic carbocycles. The molecule has 6 nitrogen and oxygen atoms in total. The number of esters is 1. The highest BCUT2D eigenvalue weighted by Gasteiger charge is 2.34. The van der Waals surface area contributed by atoms with E-state index in [4.69, 9.17) is 4.65 Å². The highest BCUT2D eigenvalue weighted by atomic mass is 32.2. The SMILES string of the molecule is CS(=O)(=O)c1cc(C(=O)Oc2c(F)c(F)c(F)c(F)c2F)cc2c1COB2O. The van der Waals surface area contributed by atoms with E-state index in [0.29, 0.717) is 0 Å². The molecule has 0 bridgehead atoms. The first-order valence-corrected chi connectivity index (χ1v) is 9.22. The number of ether oxygens (including phenoxy) is 1. The zero-order valence-corrected chi connectivity index (χ0v) is 14.5. The Morgan fingerprint density at radius 3 is 2.14 bits per heavy atom. The van der Waals surface area contributed by atoms with Crippen molar-refractivity contribution in [2.45, 2.75) is 11.5 Å². The zero-order valence-electron chi connectivity index (χ0n) is 13.7. The number of carbonyl (C=O) groups excluding carboxylic acids is 1. The van der Waals surface area contributed by atoms with E-state index in [1.165, 1.54) is 0 Å². The second-order valence-corrected chi connectivity index (χ2v) is 7.75. The van der Waals surface area contributed by atoms with Crippen LogP contribution in [-0.2, 0) is 21.1 Å². The van der Waals surface area contributed by atoms with E-state index < -0.39 is 68.2 Å². The molecule has 28 heavy (non-hydrogen) atoms. The van der Waals surface area contributed by atoms with E-state index >= 15 is 0 Å². The van der Waals surface area contributed by atoms with Gasteiger partial charge in [0.2, 0.25) is 34.8 Å². The van der Waals surface area contributed by atoms with Crippen molar-refractivity contribution in [3.8, 4) is 5.75 Å². The number of hydrogen-bond acceptors (Lipinski definition) is 6. The first-order valence-electron chi connectivity index (χ1n) is 7.33. The van der Waals surface area contributed by atoms with Crippen LogP contribution in [-0.4, -0.2) is 32.8 Å². The predicted octanol–water partition coefficient (Wildman–Crippen LogP) is 1.22. The molecule has 0 fully saturated rings. The van der Waals surface area contributed by atoms with Gasteiger partial charge in [-0.05, 0) is 23.2 Å². The minimum Gasteiger partial charge on any atom is -0.423 e. The quantitative estimate of drug-likeness (QED) is 0.200. The number of benzene rings is 2. The van der Waals surface area contributed by atoms with Crippen LogP contribution >= 0.6 is 0 Å². The van der Waals surface area contributed by atoms with Crippen molar-refractivity contribution in [3.63, 3.8) is 0 Å². The summed E-state index contributed by atoms with van der Waals surface area (Å²) in [6, 6.07) is 1.71. The summed E-state index contributed by atoms with van der Waals surface area (Å²) in [5.41, 5.74) is -0.678. The van der Waals surface area contributed by atoms with Crippen LogP contribution in [0.25, 0.3) is 0 Å². The van der Waals surface area contributed by atoms with E-state index in [9.17, 15) is 40.2 Å². The maximum absolute atomic E-state index is 13.7. The number of fused-ring (bicyclic) bond motifs is 1. The van der Waals surface area contributed by atoms with Gasteiger partial charge in [0.25, 0.3) is 0 Å². The Morgan fingerprint density at radius 1 is 1.07 bits per heavy atom. The van der Waals surface area contributed by atoms with Gasteiger partial charge in [0.15, 0.2) is 9.84 Å². The van der Waals surface area contributed by atoms with Crippen LogP contribution < -0.4 is 10.2 Å². The van der Waals surface area contributed by atoms with Crippen molar-refractivity contribution in [2.24, 2.45) is 0 Å². The molecule has 1 heterocycles. The van der Waals surface area contributed by atoms with Crippen molar-refractivity contribution in [3.05, 3.63) is 52.3 Å². The Hall–Kier alpha value is -2.51. The normalized spacial score (nSPS) is 13.6. The van der Waals surface area contributed by atoms with Gasteiger partial charge in [0, 0.05) is 6.26 Å². The number of carbonyl (C=O) groups is 1. The number of hydrogen-bond donors (Lipinski definition) is 1. The molecule has 0 aromatic heterocycles. The lowest BCUT2D eigenvalue weighted by Gasteiger charge is -2.11. The monoisotopic (exact) mass is 422 g/mol. The van der Waals surface area contributed by atoms with Crippen LogP contribution in [0.1, 0.15) is 15.9 Å². The molecule has 3 rings (SSSR count). The van der Waals surface area contributed by atoms with Gasteiger partial charge in [-0.3, -0.25) is 0 Å². The Bertz CT molecular complexity index is 1090. The average Bonchev–Trinajstić information content (AvgIpc) is 3.01. The lowest BCUT2D eigenvalue weighted by Crippen LogP contribution is -2.30. The van der Waals surface area contributed by atoms with Gasteiger partial charge in [-0.2, -0.15) is 8.78 Å². The molecule has 0 saturated heterocycles. The smallest absolute Gasteiger partial charge is 0.423 e. The van der Waals surface area contributed by atoms with Crippen LogP contribution in [0.3, 0.4) is 0 Å². The minimum atomic E-state index is -3.93. The highest BCUT2D eigenvalue weighted by Crippen LogP contribution is 2.30. The largest absolute Gasteiger partial charge is 0.491 e. The van der Waals surface area contributed by atoms with Crippen LogP contribution in [0, 0.1) is 29.1 Å². The van der Waals surface area contributed by atoms with Gasteiger partial charge in [-0.1, -0.05) is 0 Å². The number of sulfone groups is 1. The molecule has 1 aliphatic rings. The van der Waals surface area contributed by atoms with Crippen molar-refractivity contribution < 1.29 is 49.6 Å². The summed E-state index contributed by atoms with van der Waals surface area (Å²) < 4.78 is 99.9. The molecule has 148 valence electrons. The van der Waals surface area contributed by atoms with Gasteiger partial charge < -0.3 is 14.4 Å². The third-order valence-corrected chi connectivity index (χ3v) is 5.06. The molecule has 13 heteroatoms. The molecular formula is C15H8BF5O6S. The summed E-state index contributed by atoms with van der Waals surface area (Å²) in [6.45, 7) is -0.286. The molecule has 1 N–H and O–H groups in total. The van der Waals surface area contributed by atoms with Crippen LogP contribution in [0.2, 0.25) is 0 Å². The van der Waals surface area contributed by atoms with E-state index in [2.05, 4.69) is 4.74 Å².